The first-order chi connectivity index (χ1) is 15.7. The molecular weight excluding hydrogens is 510 g/mol. The van der Waals surface area contributed by atoms with Gasteiger partial charge in [0, 0.05) is 11.1 Å². The topological polar surface area (TPSA) is 90.2 Å². The molecule has 0 heterocycles. The Hall–Kier alpha value is -2.96. The highest BCUT2D eigenvalue weighted by Gasteiger charge is 2.22. The zero-order valence-corrected chi connectivity index (χ0v) is 19.5. The minimum absolute atomic E-state index is 0.0389. The van der Waals surface area contributed by atoms with E-state index < -0.39 is 0 Å². The molecule has 4 aromatic rings. The van der Waals surface area contributed by atoms with Gasteiger partial charge < -0.3 is 25.2 Å². The van der Waals surface area contributed by atoms with Crippen LogP contribution in [0, 0.1) is 0 Å². The van der Waals surface area contributed by atoms with Gasteiger partial charge in [-0.2, -0.15) is 0 Å². The molecule has 0 atom stereocenters. The second kappa shape index (κ2) is 9.12. The van der Waals surface area contributed by atoms with Crippen LogP contribution in [0.5, 0.6) is 34.5 Å². The minimum Gasteiger partial charge on any atom is -0.506 e. The molecule has 0 spiro atoms. The van der Waals surface area contributed by atoms with E-state index in [0.717, 1.165) is 0 Å². The summed E-state index contributed by atoms with van der Waals surface area (Å²) in [6, 6.07) is 14.9. The molecule has 0 radical (unpaired) electrons. The minimum atomic E-state index is -0.245. The largest absolute Gasteiger partial charge is 0.506 e. The summed E-state index contributed by atoms with van der Waals surface area (Å²) in [5.41, 5.74) is 1.96. The molecule has 0 aliphatic carbocycles. The molecule has 0 saturated heterocycles. The van der Waals surface area contributed by atoms with Crippen LogP contribution in [0.25, 0.3) is 22.3 Å². The lowest BCUT2D eigenvalue weighted by Gasteiger charge is -2.18. The molecule has 0 aliphatic rings. The van der Waals surface area contributed by atoms with Crippen molar-refractivity contribution in [1.82, 2.24) is 0 Å². The van der Waals surface area contributed by atoms with Crippen molar-refractivity contribution in [3.05, 3.63) is 80.8 Å². The highest BCUT2D eigenvalue weighted by atomic mass is 35.5. The smallest absolute Gasteiger partial charge is 0.157 e. The van der Waals surface area contributed by atoms with Crippen LogP contribution in [0.2, 0.25) is 20.1 Å². The number of rotatable bonds is 4. The Labute approximate surface area is 208 Å². The maximum atomic E-state index is 10.2. The first-order valence-electron chi connectivity index (χ1n) is 9.36. The molecule has 0 fully saturated rings. The monoisotopic (exact) mass is 522 g/mol. The lowest BCUT2D eigenvalue weighted by molar-refractivity contribution is 0.448. The number of hydrogen-bond acceptors (Lipinski definition) is 5. The molecule has 0 amide bonds. The van der Waals surface area contributed by atoms with Crippen LogP contribution in [-0.4, -0.2) is 20.4 Å². The van der Waals surface area contributed by atoms with Gasteiger partial charge in [-0.15, -0.1) is 0 Å². The third-order valence-corrected chi connectivity index (χ3v) is 6.21. The number of ether oxygens (including phenoxy) is 1. The summed E-state index contributed by atoms with van der Waals surface area (Å²) in [7, 11) is 0. The predicted octanol–water partition coefficient (Wildman–Crippen LogP) is 8.25. The Bertz CT molecular complexity index is 1280. The highest BCUT2D eigenvalue weighted by Crippen LogP contribution is 2.50. The third kappa shape index (κ3) is 4.45. The Morgan fingerprint density at radius 3 is 1.21 bits per heavy atom. The van der Waals surface area contributed by atoms with Crippen LogP contribution in [0.3, 0.4) is 0 Å². The van der Waals surface area contributed by atoms with E-state index in [-0.39, 0.29) is 54.6 Å². The van der Waals surface area contributed by atoms with E-state index in [0.29, 0.717) is 22.3 Å². The molecule has 33 heavy (non-hydrogen) atoms. The molecule has 0 aromatic heterocycles. The van der Waals surface area contributed by atoms with Gasteiger partial charge in [0.15, 0.2) is 11.5 Å². The second-order valence-corrected chi connectivity index (χ2v) is 8.56. The number of benzene rings is 4. The van der Waals surface area contributed by atoms with Gasteiger partial charge in [0.25, 0.3) is 0 Å². The summed E-state index contributed by atoms with van der Waals surface area (Å²) in [5.74, 6) is -0.615. The first kappa shape index (κ1) is 23.2. The van der Waals surface area contributed by atoms with Crippen molar-refractivity contribution in [1.29, 1.82) is 0 Å². The summed E-state index contributed by atoms with van der Waals surface area (Å²) in [5, 5.41) is 40.0. The highest BCUT2D eigenvalue weighted by molar-refractivity contribution is 6.35. The van der Waals surface area contributed by atoms with Gasteiger partial charge in [-0.3, -0.25) is 0 Å². The van der Waals surface area contributed by atoms with E-state index in [1.807, 2.05) is 0 Å². The predicted molar refractivity (Wildman–Crippen MR) is 131 cm³/mol. The fourth-order valence-electron chi connectivity index (χ4n) is 3.20. The van der Waals surface area contributed by atoms with Crippen LogP contribution in [0.15, 0.2) is 60.7 Å². The third-order valence-electron chi connectivity index (χ3n) is 4.87. The molecule has 9 heteroatoms. The van der Waals surface area contributed by atoms with Gasteiger partial charge in [0.1, 0.15) is 33.0 Å². The molecule has 5 nitrogen and oxygen atoms in total. The zero-order valence-electron chi connectivity index (χ0n) is 16.5. The Balaban J connectivity index is 1.92. The van der Waals surface area contributed by atoms with Crippen LogP contribution in [0.1, 0.15) is 0 Å². The maximum absolute atomic E-state index is 10.2. The maximum Gasteiger partial charge on any atom is 0.157 e. The van der Waals surface area contributed by atoms with Crippen LogP contribution >= 0.6 is 46.4 Å². The van der Waals surface area contributed by atoms with Gasteiger partial charge in [0.05, 0.1) is 10.0 Å². The molecule has 0 saturated carbocycles. The van der Waals surface area contributed by atoms with Crippen LogP contribution in [-0.2, 0) is 0 Å². The average Bonchev–Trinajstić information content (AvgIpc) is 2.78. The average molecular weight is 524 g/mol. The van der Waals surface area contributed by atoms with Gasteiger partial charge >= 0.3 is 0 Å². The molecular formula is C24H14Cl4O5. The summed E-state index contributed by atoms with van der Waals surface area (Å²) < 4.78 is 6.12. The number of phenolic OH excluding ortho intramolecular Hbond substituents is 4. The second-order valence-electron chi connectivity index (χ2n) is 6.99. The van der Waals surface area contributed by atoms with Crippen molar-refractivity contribution in [3.8, 4) is 56.8 Å². The Morgan fingerprint density at radius 1 is 0.485 bits per heavy atom. The van der Waals surface area contributed by atoms with E-state index in [9.17, 15) is 20.4 Å². The summed E-state index contributed by atoms with van der Waals surface area (Å²) in [6.45, 7) is 0. The van der Waals surface area contributed by atoms with Crippen molar-refractivity contribution in [3.63, 3.8) is 0 Å². The van der Waals surface area contributed by atoms with E-state index >= 15 is 0 Å². The number of halogens is 4. The molecule has 0 aliphatic heterocycles. The van der Waals surface area contributed by atoms with Crippen LogP contribution < -0.4 is 4.74 Å². The summed E-state index contributed by atoms with van der Waals surface area (Å²) in [6.07, 6.45) is 0. The molecule has 168 valence electrons. The number of hydrogen-bond donors (Lipinski definition) is 4. The van der Waals surface area contributed by atoms with E-state index in [1.54, 1.807) is 24.3 Å². The van der Waals surface area contributed by atoms with Crippen LogP contribution in [0.4, 0.5) is 0 Å². The van der Waals surface area contributed by atoms with E-state index in [1.165, 1.54) is 36.4 Å². The standard InChI is InChI=1S/C24H14Cl4O5/c25-15-9-11(1-5-17(15)29)13-3-7-19(31)21(27)23(13)33-24-14(4-8-20(32)22(24)28)12-2-6-18(30)16(26)10-12/h1-10,29-32H. The lowest BCUT2D eigenvalue weighted by Crippen LogP contribution is -1.94. The van der Waals surface area contributed by atoms with Gasteiger partial charge in [-0.1, -0.05) is 58.5 Å². The molecule has 4 N–H and O–H groups in total. The number of aromatic hydroxyl groups is 4. The lowest BCUT2D eigenvalue weighted by atomic mass is 10.0. The fourth-order valence-corrected chi connectivity index (χ4v) is 3.96. The molecule has 0 unspecified atom stereocenters. The number of phenols is 4. The van der Waals surface area contributed by atoms with Crippen molar-refractivity contribution < 1.29 is 25.2 Å². The van der Waals surface area contributed by atoms with E-state index in [4.69, 9.17) is 51.1 Å². The summed E-state index contributed by atoms with van der Waals surface area (Å²) in [4.78, 5) is 0. The van der Waals surface area contributed by atoms with Crippen molar-refractivity contribution in [2.75, 3.05) is 0 Å². The molecule has 0 bridgehead atoms. The van der Waals surface area contributed by atoms with Gasteiger partial charge in [-0.05, 0) is 59.7 Å². The van der Waals surface area contributed by atoms with Gasteiger partial charge in [0.2, 0.25) is 0 Å². The zero-order chi connectivity index (χ0) is 23.9. The van der Waals surface area contributed by atoms with Gasteiger partial charge in [-0.25, -0.2) is 0 Å². The first-order valence-corrected chi connectivity index (χ1v) is 10.9. The van der Waals surface area contributed by atoms with Crippen molar-refractivity contribution >= 4 is 46.4 Å². The molecule has 4 rings (SSSR count). The Morgan fingerprint density at radius 2 is 0.848 bits per heavy atom. The quantitative estimate of drug-likeness (QED) is 0.216. The van der Waals surface area contributed by atoms with Crippen molar-refractivity contribution in [2.45, 2.75) is 0 Å². The normalized spacial score (nSPS) is 10.9. The molecule has 4 aromatic carbocycles. The SMILES string of the molecule is Oc1ccc(-c2ccc(O)c(Cl)c2Oc2c(-c3ccc(O)c(Cl)c3)ccc(O)c2Cl)cc1Cl. The van der Waals surface area contributed by atoms with E-state index in [2.05, 4.69) is 0 Å². The van der Waals surface area contributed by atoms with Crippen molar-refractivity contribution in [2.24, 2.45) is 0 Å². The fraction of sp³-hybridized carbons (Fsp3) is 0. The Kier molecular flexibility index (Phi) is 6.41. The summed E-state index contributed by atoms with van der Waals surface area (Å²) >= 11 is 24.9.